The van der Waals surface area contributed by atoms with Crippen molar-refractivity contribution in [3.05, 3.63) is 54.4 Å². The van der Waals surface area contributed by atoms with Crippen molar-refractivity contribution >= 4 is 23.4 Å². The number of anilines is 2. The lowest BCUT2D eigenvalue weighted by atomic mass is 10.1. The fourth-order valence-electron chi connectivity index (χ4n) is 1.61. The van der Waals surface area contributed by atoms with Crippen molar-refractivity contribution in [2.75, 3.05) is 10.6 Å². The third-order valence-corrected chi connectivity index (χ3v) is 2.49. The van der Waals surface area contributed by atoms with Crippen molar-refractivity contribution in [3.8, 4) is 0 Å². The van der Waals surface area contributed by atoms with Crippen LogP contribution in [0.1, 0.15) is 5.56 Å². The monoisotopic (exact) mass is 271 g/mol. The van der Waals surface area contributed by atoms with Crippen LogP contribution in [0.25, 0.3) is 0 Å². The number of aliphatic carboxylic acids is 1. The molecule has 102 valence electrons. The summed E-state index contributed by atoms with van der Waals surface area (Å²) in [7, 11) is 0. The molecule has 1 aromatic carbocycles. The van der Waals surface area contributed by atoms with Gasteiger partial charge in [0.2, 0.25) is 0 Å². The third kappa shape index (κ3) is 4.09. The molecule has 0 fully saturated rings. The Morgan fingerprint density at radius 2 is 1.75 bits per heavy atom. The number of aromatic nitrogens is 1. The average Bonchev–Trinajstić information content (AvgIpc) is 2.41. The lowest BCUT2D eigenvalue weighted by Crippen LogP contribution is -2.19. The smallest absolute Gasteiger partial charge is 0.323 e. The maximum atomic E-state index is 11.7. The van der Waals surface area contributed by atoms with Gasteiger partial charge in [0, 0.05) is 11.9 Å². The number of benzene rings is 1. The van der Waals surface area contributed by atoms with Crippen LogP contribution in [-0.4, -0.2) is 22.1 Å². The minimum absolute atomic E-state index is 0.0395. The molecule has 0 saturated heterocycles. The Hall–Kier alpha value is -2.89. The summed E-state index contributed by atoms with van der Waals surface area (Å²) >= 11 is 0. The summed E-state index contributed by atoms with van der Waals surface area (Å²) < 4.78 is 0. The van der Waals surface area contributed by atoms with E-state index in [9.17, 15) is 9.59 Å². The number of hydrogen-bond donors (Lipinski definition) is 3. The summed E-state index contributed by atoms with van der Waals surface area (Å²) in [6.07, 6.45) is 3.11. The first-order valence-electron chi connectivity index (χ1n) is 5.92. The SMILES string of the molecule is O=C(O)Cc1ccc(NC(=O)Nc2cccnc2)cc1. The van der Waals surface area contributed by atoms with Gasteiger partial charge in [0.05, 0.1) is 18.3 Å². The molecule has 1 aromatic heterocycles. The fraction of sp³-hybridized carbons (Fsp3) is 0.0714. The molecule has 0 aliphatic rings. The highest BCUT2D eigenvalue weighted by molar-refractivity contribution is 5.99. The van der Waals surface area contributed by atoms with Crippen molar-refractivity contribution in [2.45, 2.75) is 6.42 Å². The molecule has 6 nitrogen and oxygen atoms in total. The van der Waals surface area contributed by atoms with Gasteiger partial charge in [0.1, 0.15) is 0 Å². The molecule has 3 N–H and O–H groups in total. The number of urea groups is 1. The van der Waals surface area contributed by atoms with Crippen LogP contribution in [0.15, 0.2) is 48.8 Å². The molecule has 0 aliphatic carbocycles. The number of pyridine rings is 1. The maximum Gasteiger partial charge on any atom is 0.323 e. The predicted octanol–water partition coefficient (Wildman–Crippen LogP) is 2.35. The Labute approximate surface area is 115 Å². The minimum Gasteiger partial charge on any atom is -0.481 e. The first kappa shape index (κ1) is 13.5. The van der Waals surface area contributed by atoms with E-state index < -0.39 is 5.97 Å². The molecule has 0 unspecified atom stereocenters. The molecule has 2 aromatic rings. The van der Waals surface area contributed by atoms with E-state index in [1.807, 2.05) is 0 Å². The highest BCUT2D eigenvalue weighted by atomic mass is 16.4. The number of amides is 2. The number of carbonyl (C=O) groups excluding carboxylic acids is 1. The van der Waals surface area contributed by atoms with Crippen LogP contribution >= 0.6 is 0 Å². The molecular weight excluding hydrogens is 258 g/mol. The summed E-state index contributed by atoms with van der Waals surface area (Å²) in [4.78, 5) is 26.1. The number of carboxylic acid groups (broad SMARTS) is 1. The van der Waals surface area contributed by atoms with Gasteiger partial charge in [0.25, 0.3) is 0 Å². The molecule has 0 bridgehead atoms. The summed E-state index contributed by atoms with van der Waals surface area (Å²) in [6, 6.07) is 9.69. The van der Waals surface area contributed by atoms with Crippen LogP contribution in [0.2, 0.25) is 0 Å². The van der Waals surface area contributed by atoms with Crippen molar-refractivity contribution in [1.82, 2.24) is 4.98 Å². The molecule has 0 atom stereocenters. The maximum absolute atomic E-state index is 11.7. The van der Waals surface area contributed by atoms with Crippen LogP contribution < -0.4 is 10.6 Å². The topological polar surface area (TPSA) is 91.3 Å². The minimum atomic E-state index is -0.889. The Morgan fingerprint density at radius 1 is 1.05 bits per heavy atom. The zero-order chi connectivity index (χ0) is 14.4. The molecule has 2 amide bonds. The first-order chi connectivity index (χ1) is 9.63. The van der Waals surface area contributed by atoms with E-state index >= 15 is 0 Å². The largest absolute Gasteiger partial charge is 0.481 e. The van der Waals surface area contributed by atoms with Gasteiger partial charge in [-0.05, 0) is 29.8 Å². The third-order valence-electron chi connectivity index (χ3n) is 2.49. The summed E-state index contributed by atoms with van der Waals surface area (Å²) in [5.41, 5.74) is 1.85. The molecule has 0 saturated carbocycles. The predicted molar refractivity (Wildman–Crippen MR) is 74.7 cm³/mol. The summed E-state index contributed by atoms with van der Waals surface area (Å²) in [6.45, 7) is 0. The van der Waals surface area contributed by atoms with Crippen molar-refractivity contribution < 1.29 is 14.7 Å². The second-order valence-corrected chi connectivity index (χ2v) is 4.09. The van der Waals surface area contributed by atoms with Crippen LogP contribution in [-0.2, 0) is 11.2 Å². The van der Waals surface area contributed by atoms with Crippen molar-refractivity contribution in [3.63, 3.8) is 0 Å². The van der Waals surface area contributed by atoms with Gasteiger partial charge >= 0.3 is 12.0 Å². The normalized spacial score (nSPS) is 9.80. The van der Waals surface area contributed by atoms with Gasteiger partial charge in [-0.1, -0.05) is 12.1 Å². The van der Waals surface area contributed by atoms with E-state index in [-0.39, 0.29) is 12.5 Å². The zero-order valence-corrected chi connectivity index (χ0v) is 10.5. The molecule has 0 aliphatic heterocycles. The van der Waals surface area contributed by atoms with Crippen LogP contribution in [0.3, 0.4) is 0 Å². The molecule has 0 spiro atoms. The first-order valence-corrected chi connectivity index (χ1v) is 5.92. The Morgan fingerprint density at radius 3 is 2.35 bits per heavy atom. The molecule has 1 heterocycles. The van der Waals surface area contributed by atoms with E-state index in [1.165, 1.54) is 6.20 Å². The lowest BCUT2D eigenvalue weighted by Gasteiger charge is -2.07. The average molecular weight is 271 g/mol. The number of nitrogens with zero attached hydrogens (tertiary/aromatic N) is 1. The number of carbonyl (C=O) groups is 2. The Balaban J connectivity index is 1.93. The molecule has 0 radical (unpaired) electrons. The van der Waals surface area contributed by atoms with Gasteiger partial charge in [-0.15, -0.1) is 0 Å². The highest BCUT2D eigenvalue weighted by Gasteiger charge is 2.04. The second-order valence-electron chi connectivity index (χ2n) is 4.09. The lowest BCUT2D eigenvalue weighted by molar-refractivity contribution is -0.136. The van der Waals surface area contributed by atoms with Crippen LogP contribution in [0.5, 0.6) is 0 Å². The number of nitrogens with one attached hydrogen (secondary N) is 2. The quantitative estimate of drug-likeness (QED) is 0.796. The Bertz CT molecular complexity index is 597. The van der Waals surface area contributed by atoms with Crippen molar-refractivity contribution in [2.24, 2.45) is 0 Å². The fourth-order valence-corrected chi connectivity index (χ4v) is 1.61. The number of hydrogen-bond acceptors (Lipinski definition) is 3. The summed E-state index contributed by atoms with van der Waals surface area (Å²) in [5.74, 6) is -0.889. The molecule has 20 heavy (non-hydrogen) atoms. The second kappa shape index (κ2) is 6.33. The zero-order valence-electron chi connectivity index (χ0n) is 10.5. The molecular formula is C14H13N3O3. The van der Waals surface area contributed by atoms with Gasteiger partial charge in [-0.25, -0.2) is 4.79 Å². The van der Waals surface area contributed by atoms with E-state index in [1.54, 1.807) is 42.6 Å². The van der Waals surface area contributed by atoms with Crippen LogP contribution in [0.4, 0.5) is 16.2 Å². The standard InChI is InChI=1S/C14H13N3O3/c18-13(19)8-10-3-5-11(6-4-10)16-14(20)17-12-2-1-7-15-9-12/h1-7,9H,8H2,(H,18,19)(H2,16,17,20). The number of carboxylic acids is 1. The van der Waals surface area contributed by atoms with Gasteiger partial charge in [0.15, 0.2) is 0 Å². The Kier molecular flexibility index (Phi) is 4.28. The van der Waals surface area contributed by atoms with E-state index in [4.69, 9.17) is 5.11 Å². The highest BCUT2D eigenvalue weighted by Crippen LogP contribution is 2.11. The van der Waals surface area contributed by atoms with Crippen molar-refractivity contribution in [1.29, 1.82) is 0 Å². The van der Waals surface area contributed by atoms with E-state index in [0.29, 0.717) is 16.9 Å². The molecule has 6 heteroatoms. The van der Waals surface area contributed by atoms with E-state index in [2.05, 4.69) is 15.6 Å². The van der Waals surface area contributed by atoms with Gasteiger partial charge in [-0.3, -0.25) is 9.78 Å². The van der Waals surface area contributed by atoms with Crippen LogP contribution in [0, 0.1) is 0 Å². The summed E-state index contributed by atoms with van der Waals surface area (Å²) in [5, 5.41) is 13.9. The molecule has 2 rings (SSSR count). The van der Waals surface area contributed by atoms with Gasteiger partial charge in [-0.2, -0.15) is 0 Å². The van der Waals surface area contributed by atoms with E-state index in [0.717, 1.165) is 0 Å². The number of rotatable bonds is 4. The van der Waals surface area contributed by atoms with Gasteiger partial charge < -0.3 is 15.7 Å².